The number of amides is 1. The molecule has 0 heterocycles. The Balaban J connectivity index is 1.63. The zero-order chi connectivity index (χ0) is 23.3. The average Bonchev–Trinajstić information content (AvgIpc) is 2.74. The van der Waals surface area contributed by atoms with Crippen LogP contribution in [0.25, 0.3) is 0 Å². The van der Waals surface area contributed by atoms with Crippen LogP contribution in [0.15, 0.2) is 66.7 Å². The Labute approximate surface area is 193 Å². The van der Waals surface area contributed by atoms with E-state index in [1.807, 2.05) is 44.2 Å². The standard InChI is InChI=1S/C24H25ClN2O4S/c1-17-4-7-19(8-5-17)15-27(32(3,29)30)21-10-12-22(13-11-21)31-16-24(28)26-20-9-6-18(2)23(25)14-20/h4-14H,15-16H2,1-3H3,(H,26,28). The van der Waals surface area contributed by atoms with Gasteiger partial charge in [-0.25, -0.2) is 8.42 Å². The third-order valence-electron chi connectivity index (χ3n) is 4.80. The summed E-state index contributed by atoms with van der Waals surface area (Å²) in [4.78, 5) is 12.1. The largest absolute Gasteiger partial charge is 0.484 e. The number of sulfonamides is 1. The topological polar surface area (TPSA) is 75.7 Å². The molecule has 0 atom stereocenters. The van der Waals surface area contributed by atoms with Crippen molar-refractivity contribution in [3.8, 4) is 5.75 Å². The first-order valence-corrected chi connectivity index (χ1v) is 12.2. The molecule has 0 aliphatic rings. The molecule has 3 rings (SSSR count). The van der Waals surface area contributed by atoms with Gasteiger partial charge in [-0.2, -0.15) is 0 Å². The SMILES string of the molecule is Cc1ccc(CN(c2ccc(OCC(=O)Nc3ccc(C)c(Cl)c3)cc2)S(C)(=O)=O)cc1. The number of rotatable bonds is 8. The fourth-order valence-corrected chi connectivity index (χ4v) is 4.05. The van der Waals surface area contributed by atoms with Gasteiger partial charge in [0, 0.05) is 10.7 Å². The summed E-state index contributed by atoms with van der Waals surface area (Å²) in [6.45, 7) is 3.89. The Morgan fingerprint density at radius 3 is 2.25 bits per heavy atom. The van der Waals surface area contributed by atoms with Crippen LogP contribution in [-0.4, -0.2) is 27.2 Å². The first-order chi connectivity index (χ1) is 15.1. The quantitative estimate of drug-likeness (QED) is 0.503. The summed E-state index contributed by atoms with van der Waals surface area (Å²) in [5, 5.41) is 3.29. The summed E-state index contributed by atoms with van der Waals surface area (Å²) in [5.74, 6) is 0.126. The molecule has 3 aromatic carbocycles. The second kappa shape index (κ2) is 10.1. The minimum Gasteiger partial charge on any atom is -0.484 e. The van der Waals surface area contributed by atoms with E-state index in [2.05, 4.69) is 5.32 Å². The van der Waals surface area contributed by atoms with Crippen LogP contribution in [0.1, 0.15) is 16.7 Å². The van der Waals surface area contributed by atoms with Crippen LogP contribution in [0.2, 0.25) is 5.02 Å². The van der Waals surface area contributed by atoms with E-state index in [-0.39, 0.29) is 19.1 Å². The van der Waals surface area contributed by atoms with Gasteiger partial charge in [0.05, 0.1) is 18.5 Å². The number of aryl methyl sites for hydroxylation is 2. The van der Waals surface area contributed by atoms with Crippen molar-refractivity contribution in [2.75, 3.05) is 22.5 Å². The Morgan fingerprint density at radius 2 is 1.66 bits per heavy atom. The molecular weight excluding hydrogens is 448 g/mol. The van der Waals surface area contributed by atoms with E-state index < -0.39 is 10.0 Å². The summed E-state index contributed by atoms with van der Waals surface area (Å²) in [6, 6.07) is 19.6. The van der Waals surface area contributed by atoms with E-state index in [0.29, 0.717) is 22.1 Å². The summed E-state index contributed by atoms with van der Waals surface area (Å²) >= 11 is 6.07. The number of ether oxygens (including phenoxy) is 1. The Kier molecular flexibility index (Phi) is 7.43. The number of nitrogens with zero attached hydrogens (tertiary/aromatic N) is 1. The van der Waals surface area contributed by atoms with Gasteiger partial charge in [0.2, 0.25) is 10.0 Å². The van der Waals surface area contributed by atoms with Crippen LogP contribution in [0, 0.1) is 13.8 Å². The van der Waals surface area contributed by atoms with Gasteiger partial charge in [0.15, 0.2) is 6.61 Å². The minimum absolute atomic E-state index is 0.190. The lowest BCUT2D eigenvalue weighted by atomic mass is 10.1. The molecule has 0 aliphatic carbocycles. The lowest BCUT2D eigenvalue weighted by Crippen LogP contribution is -2.29. The first kappa shape index (κ1) is 23.6. The summed E-state index contributed by atoms with van der Waals surface area (Å²) in [5.41, 5.74) is 4.01. The van der Waals surface area contributed by atoms with Gasteiger partial charge in [-0.05, 0) is 61.4 Å². The number of carbonyl (C=O) groups excluding carboxylic acids is 1. The van der Waals surface area contributed by atoms with Gasteiger partial charge in [-0.15, -0.1) is 0 Å². The lowest BCUT2D eigenvalue weighted by Gasteiger charge is -2.23. The second-order valence-corrected chi connectivity index (χ2v) is 9.86. The molecule has 0 aliphatic heterocycles. The molecule has 0 saturated carbocycles. The Morgan fingerprint density at radius 1 is 1.00 bits per heavy atom. The van der Waals surface area contributed by atoms with Gasteiger partial charge < -0.3 is 10.1 Å². The van der Waals surface area contributed by atoms with E-state index in [1.165, 1.54) is 10.6 Å². The molecule has 0 spiro atoms. The number of hydrogen-bond donors (Lipinski definition) is 1. The molecule has 0 unspecified atom stereocenters. The number of hydrogen-bond acceptors (Lipinski definition) is 4. The normalized spacial score (nSPS) is 11.1. The van der Waals surface area contributed by atoms with Crippen molar-refractivity contribution in [1.82, 2.24) is 0 Å². The van der Waals surface area contributed by atoms with Crippen LogP contribution in [-0.2, 0) is 21.4 Å². The summed E-state index contributed by atoms with van der Waals surface area (Å²) in [7, 11) is -3.49. The predicted octanol–water partition coefficient (Wildman–Crippen LogP) is 4.94. The maximum atomic E-state index is 12.4. The summed E-state index contributed by atoms with van der Waals surface area (Å²) in [6.07, 6.45) is 1.17. The van der Waals surface area contributed by atoms with Crippen molar-refractivity contribution < 1.29 is 17.9 Å². The Hall–Kier alpha value is -3.03. The fraction of sp³-hybridized carbons (Fsp3) is 0.208. The van der Waals surface area contributed by atoms with Crippen LogP contribution in [0.3, 0.4) is 0 Å². The van der Waals surface area contributed by atoms with Gasteiger partial charge in [0.1, 0.15) is 5.75 Å². The van der Waals surface area contributed by atoms with Crippen LogP contribution in [0.5, 0.6) is 5.75 Å². The van der Waals surface area contributed by atoms with Gasteiger partial charge in [-0.1, -0.05) is 47.5 Å². The number of benzene rings is 3. The molecule has 0 bridgehead atoms. The molecule has 168 valence electrons. The van der Waals surface area contributed by atoms with Gasteiger partial charge in [-0.3, -0.25) is 9.10 Å². The number of nitrogens with one attached hydrogen (secondary N) is 1. The van der Waals surface area contributed by atoms with Gasteiger partial charge >= 0.3 is 0 Å². The predicted molar refractivity (Wildman–Crippen MR) is 129 cm³/mol. The molecule has 6 nitrogen and oxygen atoms in total. The zero-order valence-electron chi connectivity index (χ0n) is 18.1. The molecule has 0 saturated heterocycles. The molecule has 8 heteroatoms. The maximum Gasteiger partial charge on any atom is 0.262 e. The highest BCUT2D eigenvalue weighted by Crippen LogP contribution is 2.24. The van der Waals surface area contributed by atoms with Crippen molar-refractivity contribution in [3.05, 3.63) is 88.4 Å². The molecular formula is C24H25ClN2O4S. The number of halogens is 1. The highest BCUT2D eigenvalue weighted by Gasteiger charge is 2.18. The average molecular weight is 473 g/mol. The third-order valence-corrected chi connectivity index (χ3v) is 6.35. The lowest BCUT2D eigenvalue weighted by molar-refractivity contribution is -0.118. The molecule has 0 aromatic heterocycles. The first-order valence-electron chi connectivity index (χ1n) is 9.94. The third kappa shape index (κ3) is 6.48. The van der Waals surface area contributed by atoms with Crippen LogP contribution in [0.4, 0.5) is 11.4 Å². The van der Waals surface area contributed by atoms with Crippen LogP contribution < -0.4 is 14.4 Å². The van der Waals surface area contributed by atoms with Crippen molar-refractivity contribution in [2.24, 2.45) is 0 Å². The Bertz CT molecular complexity index is 1190. The van der Waals surface area contributed by atoms with E-state index >= 15 is 0 Å². The second-order valence-electron chi connectivity index (χ2n) is 7.55. The van der Waals surface area contributed by atoms with Crippen molar-refractivity contribution in [3.63, 3.8) is 0 Å². The molecule has 1 N–H and O–H groups in total. The van der Waals surface area contributed by atoms with E-state index in [1.54, 1.807) is 36.4 Å². The highest BCUT2D eigenvalue weighted by molar-refractivity contribution is 7.92. The smallest absolute Gasteiger partial charge is 0.262 e. The van der Waals surface area contributed by atoms with Crippen LogP contribution >= 0.6 is 11.6 Å². The summed E-state index contributed by atoms with van der Waals surface area (Å²) < 4.78 is 31.6. The van der Waals surface area contributed by atoms with Crippen molar-refractivity contribution in [1.29, 1.82) is 0 Å². The molecule has 0 radical (unpaired) electrons. The van der Waals surface area contributed by atoms with Crippen molar-refractivity contribution >= 4 is 38.9 Å². The minimum atomic E-state index is -3.49. The number of carbonyl (C=O) groups is 1. The number of anilines is 2. The molecule has 1 amide bonds. The maximum absolute atomic E-state index is 12.4. The van der Waals surface area contributed by atoms with Crippen molar-refractivity contribution in [2.45, 2.75) is 20.4 Å². The monoisotopic (exact) mass is 472 g/mol. The zero-order valence-corrected chi connectivity index (χ0v) is 19.7. The molecule has 32 heavy (non-hydrogen) atoms. The van der Waals surface area contributed by atoms with E-state index in [4.69, 9.17) is 16.3 Å². The molecule has 0 fully saturated rings. The molecule has 3 aromatic rings. The fourth-order valence-electron chi connectivity index (χ4n) is 2.98. The van der Waals surface area contributed by atoms with E-state index in [0.717, 1.165) is 16.7 Å². The van der Waals surface area contributed by atoms with Gasteiger partial charge in [0.25, 0.3) is 5.91 Å². The highest BCUT2D eigenvalue weighted by atomic mass is 35.5. The van der Waals surface area contributed by atoms with E-state index in [9.17, 15) is 13.2 Å².